The highest BCUT2D eigenvalue weighted by Gasteiger charge is 2.47. The average Bonchev–Trinajstić information content (AvgIpc) is 2.89. The Hall–Kier alpha value is -1.87. The summed E-state index contributed by atoms with van der Waals surface area (Å²) in [6.07, 6.45) is 1.77. The maximum absolute atomic E-state index is 11.6. The number of aliphatic carboxylic acids is 1. The van der Waals surface area contributed by atoms with E-state index in [1.807, 2.05) is 6.07 Å². The van der Waals surface area contributed by atoms with Crippen molar-refractivity contribution in [2.75, 3.05) is 13.6 Å². The number of hydrogen-bond acceptors (Lipinski definition) is 1. The normalized spacial score (nSPS) is 26.9. The largest absolute Gasteiger partial charge is 0.477 e. The highest BCUT2D eigenvalue weighted by molar-refractivity contribution is 5.86. The summed E-state index contributed by atoms with van der Waals surface area (Å²) in [4.78, 5) is 11.6. The van der Waals surface area contributed by atoms with Gasteiger partial charge in [-0.1, -0.05) is 42.5 Å². The fourth-order valence-corrected chi connectivity index (χ4v) is 3.85. The molecule has 1 aliphatic heterocycles. The zero-order valence-electron chi connectivity index (χ0n) is 12.6. The predicted octanol–water partition coefficient (Wildman–Crippen LogP) is 3.59. The molecule has 3 rings (SSSR count). The lowest BCUT2D eigenvalue weighted by Gasteiger charge is -2.40. The molecular weight excluding hydrogens is 262 g/mol. The minimum Gasteiger partial charge on any atom is -0.477 e. The molecule has 3 nitrogen and oxygen atoms in total. The fourth-order valence-electron chi connectivity index (χ4n) is 3.85. The van der Waals surface area contributed by atoms with Crippen LogP contribution in [0.5, 0.6) is 0 Å². The lowest BCUT2D eigenvalue weighted by atomic mass is 9.96. The zero-order valence-corrected chi connectivity index (χ0v) is 12.6. The van der Waals surface area contributed by atoms with Crippen molar-refractivity contribution in [3.63, 3.8) is 0 Å². The molecule has 0 aliphatic carbocycles. The first-order valence-corrected chi connectivity index (χ1v) is 7.59. The smallest absolute Gasteiger partial charge is 0.362 e. The molecule has 3 heteroatoms. The Morgan fingerprint density at radius 3 is 2.71 bits per heavy atom. The van der Waals surface area contributed by atoms with Crippen LogP contribution in [-0.2, 0) is 4.79 Å². The summed E-state index contributed by atoms with van der Waals surface area (Å²) in [6.45, 7) is 3.10. The first kappa shape index (κ1) is 14.1. The molecule has 0 aromatic heterocycles. The molecule has 0 bridgehead atoms. The van der Waals surface area contributed by atoms with Crippen LogP contribution in [0.4, 0.5) is 0 Å². The Bertz CT molecular complexity index is 676. The molecule has 1 N–H and O–H groups in total. The van der Waals surface area contributed by atoms with Crippen molar-refractivity contribution in [3.05, 3.63) is 48.0 Å². The Labute approximate surface area is 125 Å². The average molecular weight is 284 g/mol. The molecule has 1 saturated heterocycles. The summed E-state index contributed by atoms with van der Waals surface area (Å²) in [5, 5.41) is 12.0. The lowest BCUT2D eigenvalue weighted by molar-refractivity contribution is -0.940. The van der Waals surface area contributed by atoms with Gasteiger partial charge < -0.3 is 9.59 Å². The number of carboxylic acids is 1. The number of hydrogen-bond donors (Lipinski definition) is 1. The first-order valence-electron chi connectivity index (χ1n) is 7.59. The van der Waals surface area contributed by atoms with Gasteiger partial charge in [0.15, 0.2) is 6.04 Å². The minimum absolute atomic E-state index is 0.180. The number of benzene rings is 2. The van der Waals surface area contributed by atoms with Gasteiger partial charge in [0.25, 0.3) is 0 Å². The van der Waals surface area contributed by atoms with Crippen molar-refractivity contribution in [2.24, 2.45) is 0 Å². The molecule has 110 valence electrons. The van der Waals surface area contributed by atoms with Gasteiger partial charge in [0.1, 0.15) is 6.04 Å². The van der Waals surface area contributed by atoms with Gasteiger partial charge in [-0.15, -0.1) is 0 Å². The summed E-state index contributed by atoms with van der Waals surface area (Å²) in [6, 6.07) is 14.6. The maximum Gasteiger partial charge on any atom is 0.362 e. The number of nitrogens with zero attached hydrogens (tertiary/aromatic N) is 1. The van der Waals surface area contributed by atoms with Crippen LogP contribution in [0.25, 0.3) is 10.8 Å². The summed E-state index contributed by atoms with van der Waals surface area (Å²) in [7, 11) is 2.10. The highest BCUT2D eigenvalue weighted by atomic mass is 16.4. The van der Waals surface area contributed by atoms with Crippen LogP contribution in [0, 0.1) is 0 Å². The van der Waals surface area contributed by atoms with Crippen molar-refractivity contribution in [1.82, 2.24) is 0 Å². The summed E-state index contributed by atoms with van der Waals surface area (Å²) < 4.78 is 0.601. The molecule has 0 saturated carbocycles. The molecule has 1 heterocycles. The van der Waals surface area contributed by atoms with Crippen molar-refractivity contribution in [2.45, 2.75) is 31.8 Å². The van der Waals surface area contributed by atoms with Crippen LogP contribution in [0.3, 0.4) is 0 Å². The van der Waals surface area contributed by atoms with Gasteiger partial charge in [-0.3, -0.25) is 0 Å². The van der Waals surface area contributed by atoms with E-state index < -0.39 is 5.97 Å². The number of likely N-dealkylation sites (tertiary alicyclic amines) is 1. The number of fused-ring (bicyclic) bond motifs is 1. The molecule has 0 amide bonds. The fraction of sp³-hybridized carbons (Fsp3) is 0.389. The Morgan fingerprint density at radius 1 is 1.24 bits per heavy atom. The number of rotatable bonds is 3. The Kier molecular flexibility index (Phi) is 3.46. The van der Waals surface area contributed by atoms with Crippen molar-refractivity contribution in [1.29, 1.82) is 0 Å². The van der Waals surface area contributed by atoms with E-state index in [2.05, 4.69) is 50.4 Å². The van der Waals surface area contributed by atoms with Crippen LogP contribution in [0.15, 0.2) is 42.5 Å². The van der Waals surface area contributed by atoms with E-state index in [1.165, 1.54) is 16.3 Å². The van der Waals surface area contributed by atoms with Gasteiger partial charge in [-0.2, -0.15) is 0 Å². The summed E-state index contributed by atoms with van der Waals surface area (Å²) in [5.41, 5.74) is 1.25. The SMILES string of the molecule is C[C@@H](c1cccc2ccccc12)[N+]1(C)CCC[C@@H]1C(=O)O. The highest BCUT2D eigenvalue weighted by Crippen LogP contribution is 2.38. The van der Waals surface area contributed by atoms with Crippen molar-refractivity contribution >= 4 is 16.7 Å². The quantitative estimate of drug-likeness (QED) is 0.874. The molecular formula is C18H22NO2+. The van der Waals surface area contributed by atoms with Gasteiger partial charge in [-0.05, 0) is 17.7 Å². The topological polar surface area (TPSA) is 37.3 Å². The molecule has 2 aromatic rings. The molecule has 21 heavy (non-hydrogen) atoms. The second kappa shape index (κ2) is 5.15. The Balaban J connectivity index is 2.08. The van der Waals surface area contributed by atoms with E-state index >= 15 is 0 Å². The first-order chi connectivity index (χ1) is 10.0. The van der Waals surface area contributed by atoms with Crippen molar-refractivity contribution < 1.29 is 14.4 Å². The van der Waals surface area contributed by atoms with E-state index in [1.54, 1.807) is 0 Å². The lowest BCUT2D eigenvalue weighted by Crippen LogP contribution is -2.53. The standard InChI is InChI=1S/C18H21NO2/c1-13(19(2)12-6-11-17(19)18(20)21)15-10-5-8-14-7-3-4-9-16(14)15/h3-5,7-10,13,17H,6,11-12H2,1-2H3/p+1/t13-,17+,19?/m0/s1. The molecule has 1 unspecified atom stereocenters. The maximum atomic E-state index is 11.6. The van der Waals surface area contributed by atoms with Gasteiger partial charge >= 0.3 is 5.97 Å². The Morgan fingerprint density at radius 2 is 1.95 bits per heavy atom. The summed E-state index contributed by atoms with van der Waals surface area (Å²) >= 11 is 0. The van der Waals surface area contributed by atoms with Crippen LogP contribution in [-0.4, -0.2) is 35.2 Å². The third kappa shape index (κ3) is 2.22. The van der Waals surface area contributed by atoms with E-state index in [9.17, 15) is 9.90 Å². The third-order valence-electron chi connectivity index (χ3n) is 5.27. The van der Waals surface area contributed by atoms with Crippen molar-refractivity contribution in [3.8, 4) is 0 Å². The molecule has 0 spiro atoms. The molecule has 2 aromatic carbocycles. The predicted molar refractivity (Wildman–Crippen MR) is 84.1 cm³/mol. The van der Waals surface area contributed by atoms with Gasteiger partial charge in [0, 0.05) is 18.4 Å². The minimum atomic E-state index is -0.665. The van der Waals surface area contributed by atoms with Gasteiger partial charge in [-0.25, -0.2) is 4.79 Å². The molecule has 3 atom stereocenters. The van der Waals surface area contributed by atoms with Gasteiger partial charge in [0.05, 0.1) is 13.6 Å². The monoisotopic (exact) mass is 284 g/mol. The zero-order chi connectivity index (χ0) is 15.0. The third-order valence-corrected chi connectivity index (χ3v) is 5.27. The van der Waals surface area contributed by atoms with E-state index in [0.717, 1.165) is 19.4 Å². The molecule has 0 radical (unpaired) electrons. The summed E-state index contributed by atoms with van der Waals surface area (Å²) in [5.74, 6) is -0.665. The number of carbonyl (C=O) groups is 1. The number of quaternary nitrogens is 1. The number of likely N-dealkylation sites (N-methyl/N-ethyl adjacent to an activating group) is 1. The second-order valence-electron chi connectivity index (χ2n) is 6.31. The second-order valence-corrected chi connectivity index (χ2v) is 6.31. The number of carboxylic acid groups (broad SMARTS) is 1. The van der Waals surface area contributed by atoms with E-state index in [-0.39, 0.29) is 12.1 Å². The van der Waals surface area contributed by atoms with Crippen LogP contribution >= 0.6 is 0 Å². The van der Waals surface area contributed by atoms with Crippen LogP contribution < -0.4 is 0 Å². The van der Waals surface area contributed by atoms with Gasteiger partial charge in [0.2, 0.25) is 0 Å². The van der Waals surface area contributed by atoms with Crippen LogP contribution in [0.2, 0.25) is 0 Å². The van der Waals surface area contributed by atoms with Crippen LogP contribution in [0.1, 0.15) is 31.4 Å². The molecule has 1 aliphatic rings. The van der Waals surface area contributed by atoms with E-state index in [4.69, 9.17) is 0 Å². The van der Waals surface area contributed by atoms with E-state index in [0.29, 0.717) is 4.48 Å². The molecule has 1 fully saturated rings.